The molecule has 0 saturated carbocycles. The van der Waals surface area contributed by atoms with Crippen molar-refractivity contribution in [3.05, 3.63) is 277 Å². The van der Waals surface area contributed by atoms with Gasteiger partial charge >= 0.3 is 0 Å². The van der Waals surface area contributed by atoms with Gasteiger partial charge in [0.1, 0.15) is 0 Å². The SMILES string of the molecule is CCc1ccccc1-c1ccc(N(c2cccc(-c3cccc(C4=Nc5ccccc5CN=C4c4ccccc4)c3)c2)c2cccc(-c3cccc(-c4nc5ccccc5nc4-c4ccccc4)c3)c2)cc1CC. The number of aliphatic imine (C=N–C) groups is 2. The first-order chi connectivity index (χ1) is 36.6. The van der Waals surface area contributed by atoms with E-state index in [1.165, 1.54) is 22.3 Å². The Morgan fingerprint density at radius 1 is 0.351 bits per heavy atom. The highest BCUT2D eigenvalue weighted by Crippen LogP contribution is 2.42. The predicted molar refractivity (Wildman–Crippen MR) is 309 cm³/mol. The maximum atomic E-state index is 5.34. The van der Waals surface area contributed by atoms with Crippen LogP contribution in [0.2, 0.25) is 0 Å². The third kappa shape index (κ3) is 9.12. The summed E-state index contributed by atoms with van der Waals surface area (Å²) in [4.78, 5) is 23.4. The van der Waals surface area contributed by atoms with Crippen LogP contribution in [0.3, 0.4) is 0 Å². The molecule has 11 aromatic rings. The zero-order valence-corrected chi connectivity index (χ0v) is 41.5. The molecule has 0 unspecified atom stereocenters. The van der Waals surface area contributed by atoms with E-state index < -0.39 is 0 Å². The van der Waals surface area contributed by atoms with E-state index >= 15 is 0 Å². The molecule has 74 heavy (non-hydrogen) atoms. The van der Waals surface area contributed by atoms with Gasteiger partial charge in [-0.15, -0.1) is 0 Å². The number of para-hydroxylation sites is 3. The summed E-state index contributed by atoms with van der Waals surface area (Å²) in [5.41, 5.74) is 24.2. The van der Waals surface area contributed by atoms with Crippen LogP contribution in [0.1, 0.15) is 41.7 Å². The summed E-state index contributed by atoms with van der Waals surface area (Å²) in [5, 5.41) is 0. The van der Waals surface area contributed by atoms with Gasteiger partial charge in [-0.3, -0.25) is 4.99 Å². The molecule has 10 aromatic carbocycles. The summed E-state index contributed by atoms with van der Waals surface area (Å²) in [6, 6.07) is 88.4. The number of anilines is 3. The van der Waals surface area contributed by atoms with Crippen LogP contribution in [0.5, 0.6) is 0 Å². The van der Waals surface area contributed by atoms with E-state index in [9.17, 15) is 0 Å². The highest BCUT2D eigenvalue weighted by atomic mass is 15.1. The summed E-state index contributed by atoms with van der Waals surface area (Å²) >= 11 is 0. The third-order valence-electron chi connectivity index (χ3n) is 14.1. The standard InChI is InChI=1S/C69H53N5/c1-3-47-21-11-13-35-61(47)62-40-39-60(43-48(62)4-2)74(59-34-20-30-54(45-59)52-28-18-32-56(42-52)69-67(50-24-9-6-10-25-50)72-64-37-15-16-38-65(64)73-69)58-33-19-29-53(44-58)51-27-17-31-55(41-51)68-66(49-22-7-5-8-23-49)70-46-57-26-12-14-36-63(57)71-68/h5-45H,3-4,46H2,1-2H3. The number of hydrogen-bond acceptors (Lipinski definition) is 5. The van der Waals surface area contributed by atoms with E-state index in [2.05, 4.69) is 231 Å². The molecule has 1 aromatic heterocycles. The Hall–Kier alpha value is -9.32. The zero-order valence-electron chi connectivity index (χ0n) is 41.5. The van der Waals surface area contributed by atoms with Gasteiger partial charge in [0.2, 0.25) is 0 Å². The van der Waals surface area contributed by atoms with Crippen molar-refractivity contribution >= 4 is 45.2 Å². The Morgan fingerprint density at radius 3 is 1.51 bits per heavy atom. The molecule has 0 fully saturated rings. The Kier molecular flexibility index (Phi) is 12.6. The van der Waals surface area contributed by atoms with Gasteiger partial charge in [0.05, 0.1) is 46.1 Å². The van der Waals surface area contributed by atoms with Crippen LogP contribution in [0.4, 0.5) is 22.7 Å². The molecule has 0 aliphatic carbocycles. The lowest BCUT2D eigenvalue weighted by Gasteiger charge is -2.28. The highest BCUT2D eigenvalue weighted by Gasteiger charge is 2.22. The second-order valence-electron chi connectivity index (χ2n) is 18.7. The van der Waals surface area contributed by atoms with Gasteiger partial charge in [-0.25, -0.2) is 15.0 Å². The number of nitrogens with zero attached hydrogens (tertiary/aromatic N) is 5. The normalized spacial score (nSPS) is 12.1. The monoisotopic (exact) mass is 951 g/mol. The maximum Gasteiger partial charge on any atom is 0.0973 e. The van der Waals surface area contributed by atoms with Crippen LogP contribution in [0.25, 0.3) is 66.9 Å². The molecular formula is C69H53N5. The molecule has 5 heteroatoms. The van der Waals surface area contributed by atoms with Crippen molar-refractivity contribution in [3.63, 3.8) is 0 Å². The van der Waals surface area contributed by atoms with Crippen molar-refractivity contribution in [3.8, 4) is 55.9 Å². The minimum Gasteiger partial charge on any atom is -0.310 e. The van der Waals surface area contributed by atoms with Crippen LogP contribution in [-0.4, -0.2) is 21.4 Å². The Balaban J connectivity index is 0.975. The van der Waals surface area contributed by atoms with E-state index in [-0.39, 0.29) is 0 Å². The lowest BCUT2D eigenvalue weighted by Crippen LogP contribution is -2.17. The summed E-state index contributed by atoms with van der Waals surface area (Å²) in [6.45, 7) is 5.07. The van der Waals surface area contributed by atoms with Crippen molar-refractivity contribution in [1.82, 2.24) is 9.97 Å². The lowest BCUT2D eigenvalue weighted by molar-refractivity contribution is 1.08. The number of fused-ring (bicyclic) bond motifs is 2. The van der Waals surface area contributed by atoms with Gasteiger partial charge in [0, 0.05) is 39.3 Å². The summed E-state index contributed by atoms with van der Waals surface area (Å²) in [7, 11) is 0. The Morgan fingerprint density at radius 2 is 0.838 bits per heavy atom. The summed E-state index contributed by atoms with van der Waals surface area (Å²) < 4.78 is 0. The fourth-order valence-electron chi connectivity index (χ4n) is 10.3. The molecule has 1 aliphatic rings. The highest BCUT2D eigenvalue weighted by molar-refractivity contribution is 6.54. The average molecular weight is 952 g/mol. The van der Waals surface area contributed by atoms with E-state index in [0.29, 0.717) is 6.54 Å². The van der Waals surface area contributed by atoms with Crippen LogP contribution in [0.15, 0.2) is 259 Å². The number of benzene rings is 10. The van der Waals surface area contributed by atoms with E-state index in [4.69, 9.17) is 20.0 Å². The summed E-state index contributed by atoms with van der Waals surface area (Å²) in [6.07, 6.45) is 1.86. The number of hydrogen-bond donors (Lipinski definition) is 0. The van der Waals surface area contributed by atoms with Gasteiger partial charge in [0.25, 0.3) is 0 Å². The molecule has 0 atom stereocenters. The lowest BCUT2D eigenvalue weighted by atomic mass is 9.92. The zero-order chi connectivity index (χ0) is 49.8. The molecule has 2 heterocycles. The van der Waals surface area contributed by atoms with Crippen LogP contribution in [0, 0.1) is 0 Å². The van der Waals surface area contributed by atoms with Crippen molar-refractivity contribution < 1.29 is 0 Å². The fraction of sp³-hybridized carbons (Fsp3) is 0.0725. The van der Waals surface area contributed by atoms with Crippen LogP contribution in [-0.2, 0) is 19.4 Å². The first-order valence-electron chi connectivity index (χ1n) is 25.6. The molecule has 1 aliphatic heterocycles. The molecular weight excluding hydrogens is 899 g/mol. The first-order valence-corrected chi connectivity index (χ1v) is 25.6. The van der Waals surface area contributed by atoms with Crippen LogP contribution >= 0.6 is 0 Å². The second-order valence-corrected chi connectivity index (χ2v) is 18.7. The molecule has 0 saturated heterocycles. The molecule has 0 radical (unpaired) electrons. The van der Waals surface area contributed by atoms with Gasteiger partial charge in [0.15, 0.2) is 0 Å². The Bertz CT molecular complexity index is 3910. The molecule has 0 N–H and O–H groups in total. The van der Waals surface area contributed by atoms with E-state index in [0.717, 1.165) is 120 Å². The third-order valence-corrected chi connectivity index (χ3v) is 14.1. The molecule has 12 rings (SSSR count). The summed E-state index contributed by atoms with van der Waals surface area (Å²) in [5.74, 6) is 0. The van der Waals surface area contributed by atoms with Gasteiger partial charge < -0.3 is 4.90 Å². The quantitative estimate of drug-likeness (QED) is 0.123. The van der Waals surface area contributed by atoms with Crippen molar-refractivity contribution in [2.45, 2.75) is 33.2 Å². The maximum absolute atomic E-state index is 5.34. The number of aromatic nitrogens is 2. The van der Waals surface area contributed by atoms with Gasteiger partial charge in [-0.1, -0.05) is 196 Å². The molecule has 0 amide bonds. The van der Waals surface area contributed by atoms with E-state index in [1.54, 1.807) is 0 Å². The van der Waals surface area contributed by atoms with E-state index in [1.807, 2.05) is 36.4 Å². The van der Waals surface area contributed by atoms with Crippen molar-refractivity contribution in [2.24, 2.45) is 9.98 Å². The van der Waals surface area contributed by atoms with Crippen molar-refractivity contribution in [2.75, 3.05) is 4.90 Å². The Labute approximate surface area is 433 Å². The van der Waals surface area contributed by atoms with Crippen LogP contribution < -0.4 is 4.90 Å². The molecule has 354 valence electrons. The minimum absolute atomic E-state index is 0.567. The fourth-order valence-corrected chi connectivity index (χ4v) is 10.3. The number of rotatable bonds is 12. The molecule has 0 bridgehead atoms. The number of aryl methyl sites for hydroxylation is 2. The second kappa shape index (κ2) is 20.4. The topological polar surface area (TPSA) is 53.7 Å². The first kappa shape index (κ1) is 45.8. The van der Waals surface area contributed by atoms with Crippen molar-refractivity contribution in [1.29, 1.82) is 0 Å². The largest absolute Gasteiger partial charge is 0.310 e. The molecule has 0 spiro atoms. The average Bonchev–Trinajstić information content (AvgIpc) is 3.68. The smallest absolute Gasteiger partial charge is 0.0973 e. The molecule has 5 nitrogen and oxygen atoms in total. The van der Waals surface area contributed by atoms with Gasteiger partial charge in [-0.2, -0.15) is 0 Å². The van der Waals surface area contributed by atoms with Gasteiger partial charge in [-0.05, 0) is 130 Å². The minimum atomic E-state index is 0.567. The predicted octanol–water partition coefficient (Wildman–Crippen LogP) is 17.7.